The van der Waals surface area contributed by atoms with Crippen LogP contribution >= 0.6 is 21.6 Å². The third-order valence-electron chi connectivity index (χ3n) is 3.04. The van der Waals surface area contributed by atoms with Crippen molar-refractivity contribution < 1.29 is 19.1 Å². The first-order chi connectivity index (χ1) is 12.1. The Morgan fingerprint density at radius 1 is 0.880 bits per heavy atom. The van der Waals surface area contributed by atoms with Gasteiger partial charge < -0.3 is 20.5 Å². The molecule has 8 heteroatoms. The summed E-state index contributed by atoms with van der Waals surface area (Å²) in [6.45, 7) is 0.416. The van der Waals surface area contributed by atoms with E-state index in [1.807, 2.05) is 48.5 Å². The molecule has 0 spiro atoms. The number of nitrogens with one attached hydrogen (secondary N) is 1. The molecule has 0 atom stereocenters. The predicted octanol–water partition coefficient (Wildman–Crippen LogP) is 3.94. The number of ether oxygens (including phenoxy) is 2. The maximum Gasteiger partial charge on any atom is 0.407 e. The molecule has 0 aliphatic heterocycles. The van der Waals surface area contributed by atoms with Gasteiger partial charge in [-0.25, -0.2) is 9.59 Å². The third-order valence-corrected chi connectivity index (χ3v) is 5.45. The number of nitrogens with two attached hydrogens (primary N) is 1. The highest BCUT2D eigenvalue weighted by molar-refractivity contribution is 8.76. The normalized spacial score (nSPS) is 10.1. The first-order valence-electron chi connectivity index (χ1n) is 7.36. The lowest BCUT2D eigenvalue weighted by Crippen LogP contribution is -2.18. The van der Waals surface area contributed by atoms with Gasteiger partial charge in [-0.1, -0.05) is 45.9 Å². The highest BCUT2D eigenvalue weighted by Crippen LogP contribution is 2.37. The lowest BCUT2D eigenvalue weighted by Gasteiger charge is -2.06. The fourth-order valence-electron chi connectivity index (χ4n) is 1.75. The molecule has 2 aromatic carbocycles. The van der Waals surface area contributed by atoms with Gasteiger partial charge in [-0.3, -0.25) is 0 Å². The molecule has 132 valence electrons. The van der Waals surface area contributed by atoms with E-state index in [0.29, 0.717) is 0 Å². The Labute approximate surface area is 153 Å². The van der Waals surface area contributed by atoms with E-state index in [1.54, 1.807) is 21.6 Å². The number of carbonyl (C=O) groups is 2. The Balaban J connectivity index is 1.80. The molecule has 3 N–H and O–H groups in total. The summed E-state index contributed by atoms with van der Waals surface area (Å²) >= 11 is 0. The van der Waals surface area contributed by atoms with Crippen LogP contribution in [0.3, 0.4) is 0 Å². The summed E-state index contributed by atoms with van der Waals surface area (Å²) < 4.78 is 9.73. The van der Waals surface area contributed by atoms with Gasteiger partial charge in [0.1, 0.15) is 13.2 Å². The van der Waals surface area contributed by atoms with Crippen LogP contribution in [0.4, 0.5) is 9.59 Å². The van der Waals surface area contributed by atoms with Gasteiger partial charge in [0, 0.05) is 16.8 Å². The lowest BCUT2D eigenvalue weighted by molar-refractivity contribution is 0.142. The Morgan fingerprint density at radius 3 is 1.72 bits per heavy atom. The average Bonchev–Trinajstić information content (AvgIpc) is 2.64. The minimum Gasteiger partial charge on any atom is -0.445 e. The van der Waals surface area contributed by atoms with Crippen molar-refractivity contribution >= 4 is 33.8 Å². The Hall–Kier alpha value is -2.32. The number of rotatable bonds is 7. The molecule has 2 aromatic rings. The summed E-state index contributed by atoms with van der Waals surface area (Å²) in [5, 5.41) is 2.40. The summed E-state index contributed by atoms with van der Waals surface area (Å²) in [5.74, 6) is 0. The van der Waals surface area contributed by atoms with Gasteiger partial charge >= 0.3 is 12.2 Å². The van der Waals surface area contributed by atoms with Crippen molar-refractivity contribution in [3.8, 4) is 0 Å². The molecule has 0 radical (unpaired) electrons. The van der Waals surface area contributed by atoms with E-state index in [0.717, 1.165) is 20.9 Å². The molecule has 0 saturated carbocycles. The summed E-state index contributed by atoms with van der Waals surface area (Å²) in [4.78, 5) is 23.8. The zero-order chi connectivity index (χ0) is 18.1. The molecule has 0 bridgehead atoms. The first kappa shape index (κ1) is 19.0. The fraction of sp³-hybridized carbons (Fsp3) is 0.176. The van der Waals surface area contributed by atoms with Gasteiger partial charge in [0.25, 0.3) is 0 Å². The Bertz CT molecular complexity index is 706. The quantitative estimate of drug-likeness (QED) is 0.709. The SMILES string of the molecule is CNC(=O)OCc1ccc(SSc2ccc(COC(N)=O)cc2)cc1. The maximum absolute atomic E-state index is 11.0. The van der Waals surface area contributed by atoms with Crippen LogP contribution in [-0.2, 0) is 22.7 Å². The van der Waals surface area contributed by atoms with Gasteiger partial charge in [0.2, 0.25) is 0 Å². The number of hydrogen-bond donors (Lipinski definition) is 2. The third kappa shape index (κ3) is 6.98. The van der Waals surface area contributed by atoms with Crippen molar-refractivity contribution in [3.05, 3.63) is 59.7 Å². The summed E-state index contributed by atoms with van der Waals surface area (Å²) in [7, 11) is 4.77. The second-order valence-electron chi connectivity index (χ2n) is 4.89. The second kappa shape index (κ2) is 9.85. The zero-order valence-corrected chi connectivity index (χ0v) is 15.2. The number of primary amides is 1. The highest BCUT2D eigenvalue weighted by Gasteiger charge is 2.02. The maximum atomic E-state index is 11.0. The van der Waals surface area contributed by atoms with E-state index in [-0.39, 0.29) is 13.2 Å². The van der Waals surface area contributed by atoms with Gasteiger partial charge in [-0.2, -0.15) is 0 Å². The summed E-state index contributed by atoms with van der Waals surface area (Å²) in [5.41, 5.74) is 6.75. The van der Waals surface area contributed by atoms with E-state index < -0.39 is 12.2 Å². The van der Waals surface area contributed by atoms with Gasteiger partial charge in [0.15, 0.2) is 0 Å². The van der Waals surface area contributed by atoms with Crippen LogP contribution in [0.5, 0.6) is 0 Å². The molecule has 2 rings (SSSR count). The summed E-state index contributed by atoms with van der Waals surface area (Å²) in [6, 6.07) is 15.5. The van der Waals surface area contributed by atoms with Crippen LogP contribution in [0, 0.1) is 0 Å². The predicted molar refractivity (Wildman–Crippen MR) is 98.2 cm³/mol. The molecule has 0 aromatic heterocycles. The molecular weight excluding hydrogens is 360 g/mol. The van der Waals surface area contributed by atoms with Crippen molar-refractivity contribution in [2.75, 3.05) is 7.05 Å². The number of carbonyl (C=O) groups excluding carboxylic acids is 2. The minimum atomic E-state index is -0.779. The smallest absolute Gasteiger partial charge is 0.407 e. The van der Waals surface area contributed by atoms with Crippen molar-refractivity contribution in [1.82, 2.24) is 5.32 Å². The zero-order valence-electron chi connectivity index (χ0n) is 13.6. The molecule has 0 aliphatic carbocycles. The van der Waals surface area contributed by atoms with E-state index in [1.165, 1.54) is 7.05 Å². The van der Waals surface area contributed by atoms with Crippen LogP contribution in [0.15, 0.2) is 58.3 Å². The minimum absolute atomic E-state index is 0.174. The Morgan fingerprint density at radius 2 is 1.32 bits per heavy atom. The van der Waals surface area contributed by atoms with E-state index in [9.17, 15) is 9.59 Å². The number of amides is 2. The van der Waals surface area contributed by atoms with Crippen LogP contribution in [-0.4, -0.2) is 19.2 Å². The molecular formula is C17H18N2O4S2. The molecule has 0 unspecified atom stereocenters. The van der Waals surface area contributed by atoms with Gasteiger partial charge in [0.05, 0.1) is 0 Å². The van der Waals surface area contributed by atoms with Crippen molar-refractivity contribution in [1.29, 1.82) is 0 Å². The van der Waals surface area contributed by atoms with Crippen LogP contribution < -0.4 is 11.1 Å². The van der Waals surface area contributed by atoms with Crippen LogP contribution in [0.25, 0.3) is 0 Å². The van der Waals surface area contributed by atoms with Crippen molar-refractivity contribution in [2.24, 2.45) is 5.73 Å². The molecule has 25 heavy (non-hydrogen) atoms. The first-order valence-corrected chi connectivity index (χ1v) is 9.51. The lowest BCUT2D eigenvalue weighted by atomic mass is 10.2. The van der Waals surface area contributed by atoms with Crippen molar-refractivity contribution in [2.45, 2.75) is 23.0 Å². The number of hydrogen-bond acceptors (Lipinski definition) is 6. The molecule has 0 aliphatic rings. The molecule has 0 saturated heterocycles. The fourth-order valence-corrected chi connectivity index (χ4v) is 3.69. The van der Waals surface area contributed by atoms with Gasteiger partial charge in [-0.05, 0) is 35.4 Å². The average molecular weight is 378 g/mol. The molecule has 2 amide bonds. The molecule has 0 fully saturated rings. The van der Waals surface area contributed by atoms with Crippen LogP contribution in [0.2, 0.25) is 0 Å². The Kier molecular flexibility index (Phi) is 7.49. The van der Waals surface area contributed by atoms with Gasteiger partial charge in [-0.15, -0.1) is 0 Å². The standard InChI is InChI=1S/C17H18N2O4S2/c1-19-17(21)23-11-13-4-8-15(9-5-13)25-24-14-6-2-12(3-7-14)10-22-16(18)20/h2-9H,10-11H2,1H3,(H2,18,20)(H,19,21). The van der Waals surface area contributed by atoms with Crippen molar-refractivity contribution in [3.63, 3.8) is 0 Å². The second-order valence-corrected chi connectivity index (χ2v) is 7.16. The molecule has 6 nitrogen and oxygen atoms in total. The van der Waals surface area contributed by atoms with E-state index >= 15 is 0 Å². The number of alkyl carbamates (subject to hydrolysis) is 1. The van der Waals surface area contributed by atoms with E-state index in [4.69, 9.17) is 15.2 Å². The number of benzene rings is 2. The monoisotopic (exact) mass is 378 g/mol. The topological polar surface area (TPSA) is 90.7 Å². The van der Waals surface area contributed by atoms with Crippen LogP contribution in [0.1, 0.15) is 11.1 Å². The van der Waals surface area contributed by atoms with E-state index in [2.05, 4.69) is 5.32 Å². The summed E-state index contributed by atoms with van der Waals surface area (Å²) in [6.07, 6.45) is -1.23. The molecule has 0 heterocycles. The largest absolute Gasteiger partial charge is 0.445 e. The highest BCUT2D eigenvalue weighted by atomic mass is 33.1.